The molecule has 0 atom stereocenters. The van der Waals surface area contributed by atoms with Crippen LogP contribution in [0.2, 0.25) is 0 Å². The first kappa shape index (κ1) is 21.4. The van der Waals surface area contributed by atoms with Crippen molar-refractivity contribution in [2.45, 2.75) is 18.2 Å². The van der Waals surface area contributed by atoms with Crippen LogP contribution in [0.15, 0.2) is 47.4 Å². The Hall–Kier alpha value is -2.34. The van der Waals surface area contributed by atoms with Gasteiger partial charge in [-0.2, -0.15) is 0 Å². The molecule has 6 heteroatoms. The fraction of sp³-hybridized carbons (Fsp3) is 0.435. The summed E-state index contributed by atoms with van der Waals surface area (Å²) in [4.78, 5) is 20.5. The highest BCUT2D eigenvalue weighted by molar-refractivity contribution is 7.99. The third-order valence-electron chi connectivity index (χ3n) is 5.12. The first-order valence-electron chi connectivity index (χ1n) is 10.2. The third-order valence-corrected chi connectivity index (χ3v) is 6.37. The van der Waals surface area contributed by atoms with Crippen molar-refractivity contribution >= 4 is 29.0 Å². The van der Waals surface area contributed by atoms with Crippen LogP contribution in [0.4, 0.5) is 11.4 Å². The minimum atomic E-state index is 0.0612. The largest absolute Gasteiger partial charge is 0.495 e. The number of carbonyl (C=O) groups is 1. The van der Waals surface area contributed by atoms with E-state index in [9.17, 15) is 4.79 Å². The van der Waals surface area contributed by atoms with Crippen molar-refractivity contribution in [3.8, 4) is 5.75 Å². The second-order valence-electron chi connectivity index (χ2n) is 7.35. The molecule has 0 radical (unpaired) electrons. The van der Waals surface area contributed by atoms with E-state index in [1.807, 2.05) is 50.1 Å². The molecule has 0 spiro atoms. The average Bonchev–Trinajstić information content (AvgIpc) is 2.76. The minimum Gasteiger partial charge on any atom is -0.495 e. The highest BCUT2D eigenvalue weighted by Gasteiger charge is 2.26. The molecule has 0 saturated carbocycles. The summed E-state index contributed by atoms with van der Waals surface area (Å²) in [5.74, 6) is 2.02. The Kier molecular flexibility index (Phi) is 7.31. The van der Waals surface area contributed by atoms with E-state index in [4.69, 9.17) is 4.74 Å². The van der Waals surface area contributed by atoms with Gasteiger partial charge in [0.05, 0.1) is 24.0 Å². The maximum atomic E-state index is 12.9. The molecule has 0 aliphatic carbocycles. The zero-order valence-electron chi connectivity index (χ0n) is 17.9. The van der Waals surface area contributed by atoms with Crippen LogP contribution >= 0.6 is 11.8 Å². The van der Waals surface area contributed by atoms with Gasteiger partial charge in [0.15, 0.2) is 0 Å². The summed E-state index contributed by atoms with van der Waals surface area (Å²) >= 11 is 1.84. The molecule has 2 aromatic carbocycles. The van der Waals surface area contributed by atoms with E-state index >= 15 is 0 Å². The van der Waals surface area contributed by atoms with Gasteiger partial charge in [0, 0.05) is 45.2 Å². The number of rotatable bonds is 7. The number of hydrogen-bond acceptors (Lipinski definition) is 5. The number of carbonyl (C=O) groups excluding carboxylic acids is 1. The van der Waals surface area contributed by atoms with Gasteiger partial charge in [0.1, 0.15) is 5.75 Å². The molecule has 156 valence electrons. The van der Waals surface area contributed by atoms with E-state index in [0.29, 0.717) is 0 Å². The Morgan fingerprint density at radius 3 is 2.38 bits per heavy atom. The van der Waals surface area contributed by atoms with Crippen LogP contribution in [0.25, 0.3) is 0 Å². The monoisotopic (exact) mass is 413 g/mol. The Morgan fingerprint density at radius 1 is 1.03 bits per heavy atom. The number of anilines is 2. The number of nitrogens with zero attached hydrogens (tertiary/aromatic N) is 3. The summed E-state index contributed by atoms with van der Waals surface area (Å²) in [6, 6.07) is 14.3. The van der Waals surface area contributed by atoms with Crippen LogP contribution in [0.5, 0.6) is 5.75 Å². The van der Waals surface area contributed by atoms with Gasteiger partial charge in [-0.25, -0.2) is 0 Å². The number of piperazine rings is 1. The summed E-state index contributed by atoms with van der Waals surface area (Å²) in [6.07, 6.45) is 1.11. The topological polar surface area (TPSA) is 36.0 Å². The Morgan fingerprint density at radius 2 is 1.72 bits per heavy atom. The summed E-state index contributed by atoms with van der Waals surface area (Å²) < 4.78 is 5.54. The maximum Gasteiger partial charge on any atom is 0.255 e. The second-order valence-corrected chi connectivity index (χ2v) is 8.48. The van der Waals surface area contributed by atoms with E-state index in [1.54, 1.807) is 12.0 Å². The normalized spacial score (nSPS) is 14.1. The quantitative estimate of drug-likeness (QED) is 0.635. The fourth-order valence-electron chi connectivity index (χ4n) is 3.65. The van der Waals surface area contributed by atoms with E-state index in [0.717, 1.165) is 61.0 Å². The van der Waals surface area contributed by atoms with Crippen molar-refractivity contribution in [2.75, 3.05) is 62.9 Å². The molecular weight excluding hydrogens is 382 g/mol. The first-order valence-corrected chi connectivity index (χ1v) is 11.2. The third kappa shape index (κ3) is 4.81. The lowest BCUT2D eigenvalue weighted by Gasteiger charge is -2.39. The van der Waals surface area contributed by atoms with E-state index in [2.05, 4.69) is 34.9 Å². The fourth-order valence-corrected chi connectivity index (χ4v) is 4.63. The molecule has 5 nitrogen and oxygen atoms in total. The molecule has 0 N–H and O–H groups in total. The summed E-state index contributed by atoms with van der Waals surface area (Å²) in [5.41, 5.74) is 3.01. The number of amides is 1. The van der Waals surface area contributed by atoms with Crippen molar-refractivity contribution in [3.63, 3.8) is 0 Å². The average molecular weight is 414 g/mol. The predicted molar refractivity (Wildman–Crippen MR) is 123 cm³/mol. The van der Waals surface area contributed by atoms with Gasteiger partial charge < -0.3 is 19.4 Å². The van der Waals surface area contributed by atoms with Crippen LogP contribution in [0.3, 0.4) is 0 Å². The molecule has 0 aromatic heterocycles. The smallest absolute Gasteiger partial charge is 0.255 e. The van der Waals surface area contributed by atoms with Gasteiger partial charge in [-0.3, -0.25) is 4.79 Å². The first-order chi connectivity index (χ1) is 14.1. The molecule has 1 aliphatic heterocycles. The highest BCUT2D eigenvalue weighted by Crippen LogP contribution is 2.36. The number of ether oxygens (including phenoxy) is 1. The zero-order valence-corrected chi connectivity index (χ0v) is 18.7. The van der Waals surface area contributed by atoms with Gasteiger partial charge >= 0.3 is 0 Å². The van der Waals surface area contributed by atoms with Gasteiger partial charge in [-0.1, -0.05) is 25.1 Å². The predicted octanol–water partition coefficient (Wildman–Crippen LogP) is 4.23. The van der Waals surface area contributed by atoms with Crippen molar-refractivity contribution in [2.24, 2.45) is 0 Å². The van der Waals surface area contributed by atoms with Gasteiger partial charge in [-0.05, 0) is 36.4 Å². The lowest BCUT2D eigenvalue weighted by molar-refractivity contribution is 0.0828. The van der Waals surface area contributed by atoms with Crippen molar-refractivity contribution < 1.29 is 9.53 Å². The standard InChI is InChI=1S/C23H31N3O2S/c1-5-17-29-21-12-8-9-18(23(27)24(2)3)22(21)26-15-13-25(14-16-26)19-10-6-7-11-20(19)28-4/h6-12H,5,13-17H2,1-4H3. The van der Waals surface area contributed by atoms with Crippen LogP contribution < -0.4 is 14.5 Å². The summed E-state index contributed by atoms with van der Waals surface area (Å²) in [7, 11) is 5.35. The van der Waals surface area contributed by atoms with Crippen LogP contribution in [0.1, 0.15) is 23.7 Å². The van der Waals surface area contributed by atoms with Crippen molar-refractivity contribution in [1.82, 2.24) is 4.90 Å². The molecule has 1 fully saturated rings. The molecule has 1 saturated heterocycles. The van der Waals surface area contributed by atoms with Gasteiger partial charge in [0.2, 0.25) is 0 Å². The number of benzene rings is 2. The highest BCUT2D eigenvalue weighted by atomic mass is 32.2. The molecule has 2 aromatic rings. The van der Waals surface area contributed by atoms with Crippen LogP contribution in [-0.4, -0.2) is 63.9 Å². The van der Waals surface area contributed by atoms with Crippen LogP contribution in [0, 0.1) is 0 Å². The number of para-hydroxylation sites is 3. The maximum absolute atomic E-state index is 12.9. The molecule has 0 unspecified atom stereocenters. The van der Waals surface area contributed by atoms with Gasteiger partial charge in [0.25, 0.3) is 5.91 Å². The van der Waals surface area contributed by atoms with Crippen molar-refractivity contribution in [3.05, 3.63) is 48.0 Å². The van der Waals surface area contributed by atoms with E-state index < -0.39 is 0 Å². The number of thioether (sulfide) groups is 1. The van der Waals surface area contributed by atoms with Crippen molar-refractivity contribution in [1.29, 1.82) is 0 Å². The Labute approximate surface area is 178 Å². The molecule has 1 amide bonds. The molecule has 1 heterocycles. The van der Waals surface area contributed by atoms with Gasteiger partial charge in [-0.15, -0.1) is 11.8 Å². The molecule has 29 heavy (non-hydrogen) atoms. The molecule has 0 bridgehead atoms. The van der Waals surface area contributed by atoms with E-state index in [1.165, 1.54) is 4.90 Å². The Bertz CT molecular complexity index is 833. The summed E-state index contributed by atoms with van der Waals surface area (Å²) in [6.45, 7) is 5.71. The zero-order chi connectivity index (χ0) is 20.8. The summed E-state index contributed by atoms with van der Waals surface area (Å²) in [5, 5.41) is 0. The lowest BCUT2D eigenvalue weighted by Crippen LogP contribution is -2.47. The minimum absolute atomic E-state index is 0.0612. The second kappa shape index (κ2) is 9.92. The van der Waals surface area contributed by atoms with E-state index in [-0.39, 0.29) is 5.91 Å². The van der Waals surface area contributed by atoms with Crippen LogP contribution in [-0.2, 0) is 0 Å². The number of methoxy groups -OCH3 is 1. The molecular formula is C23H31N3O2S. The SMILES string of the molecule is CCCSc1cccc(C(=O)N(C)C)c1N1CCN(c2ccccc2OC)CC1. The lowest BCUT2D eigenvalue weighted by atomic mass is 10.1. The molecule has 3 rings (SSSR count). The molecule has 1 aliphatic rings. The Balaban J connectivity index is 1.86. The number of hydrogen-bond donors (Lipinski definition) is 0.